The number of hydrogen-bond acceptors (Lipinski definition) is 3. The number of nitrogens with zero attached hydrogens (tertiary/aromatic N) is 1. The van der Waals surface area contributed by atoms with E-state index in [0.29, 0.717) is 12.3 Å². The van der Waals surface area contributed by atoms with Crippen molar-refractivity contribution in [2.75, 3.05) is 18.6 Å². The number of aliphatic hydroxyl groups excluding tert-OH is 1. The highest BCUT2D eigenvalue weighted by atomic mass is 19.1. The molecule has 3 unspecified atom stereocenters. The Morgan fingerprint density at radius 2 is 1.53 bits per heavy atom. The van der Waals surface area contributed by atoms with Crippen molar-refractivity contribution in [3.8, 4) is 5.75 Å². The average Bonchev–Trinajstić information content (AvgIpc) is 2.75. The van der Waals surface area contributed by atoms with Gasteiger partial charge in [0.2, 0.25) is 0 Å². The monoisotopic (exact) mass is 409 g/mol. The van der Waals surface area contributed by atoms with Crippen molar-refractivity contribution < 1.29 is 18.6 Å². The molecule has 4 rings (SSSR count). The van der Waals surface area contributed by atoms with Crippen LogP contribution < -0.4 is 9.64 Å². The smallest absolute Gasteiger partial charge is 0.123 e. The summed E-state index contributed by atoms with van der Waals surface area (Å²) < 4.78 is 31.8. The van der Waals surface area contributed by atoms with Gasteiger partial charge in [0.25, 0.3) is 0 Å². The van der Waals surface area contributed by atoms with Gasteiger partial charge in [-0.1, -0.05) is 24.3 Å². The maximum atomic E-state index is 13.4. The van der Waals surface area contributed by atoms with Crippen molar-refractivity contribution in [2.24, 2.45) is 5.92 Å². The minimum Gasteiger partial charge on any atom is -0.497 e. The lowest BCUT2D eigenvalue weighted by Crippen LogP contribution is -2.50. The number of aliphatic hydroxyl groups is 1. The molecule has 30 heavy (non-hydrogen) atoms. The molecule has 5 heteroatoms. The van der Waals surface area contributed by atoms with Gasteiger partial charge < -0.3 is 14.7 Å². The summed E-state index contributed by atoms with van der Waals surface area (Å²) in [6.07, 6.45) is 0.801. The molecular weight excluding hydrogens is 384 g/mol. The van der Waals surface area contributed by atoms with Gasteiger partial charge in [0.05, 0.1) is 19.3 Å². The Morgan fingerprint density at radius 3 is 2.13 bits per heavy atom. The first kappa shape index (κ1) is 20.4. The van der Waals surface area contributed by atoms with Crippen molar-refractivity contribution in [1.29, 1.82) is 0 Å². The molecule has 3 atom stereocenters. The molecule has 3 aromatic carbocycles. The molecule has 1 saturated heterocycles. The highest BCUT2D eigenvalue weighted by Crippen LogP contribution is 2.45. The zero-order chi connectivity index (χ0) is 21.1. The number of halogens is 2. The van der Waals surface area contributed by atoms with E-state index in [1.54, 1.807) is 31.4 Å². The summed E-state index contributed by atoms with van der Waals surface area (Å²) in [5, 5.41) is 10.5. The highest BCUT2D eigenvalue weighted by molar-refractivity contribution is 5.53. The summed E-state index contributed by atoms with van der Waals surface area (Å²) in [5.41, 5.74) is 2.87. The molecule has 0 radical (unpaired) electrons. The second-order valence-electron chi connectivity index (χ2n) is 7.75. The Balaban J connectivity index is 1.49. The lowest BCUT2D eigenvalue weighted by Gasteiger charge is -2.50. The van der Waals surface area contributed by atoms with Gasteiger partial charge in [-0.2, -0.15) is 0 Å². The fraction of sp³-hybridized carbons (Fsp3) is 0.280. The van der Waals surface area contributed by atoms with Crippen LogP contribution in [0, 0.1) is 17.6 Å². The first-order chi connectivity index (χ1) is 14.5. The molecule has 0 aliphatic carbocycles. The van der Waals surface area contributed by atoms with E-state index in [1.165, 1.54) is 24.3 Å². The second-order valence-corrected chi connectivity index (χ2v) is 7.75. The average molecular weight is 409 g/mol. The summed E-state index contributed by atoms with van der Waals surface area (Å²) in [6, 6.07) is 20.7. The standard InChI is InChI=1S/C25H25F2NO2/c1-30-23-13-4-18(5-14-23)25-19(16-28(25)22-11-9-21(27)10-12-22)6-15-24(29)17-2-7-20(26)8-3-17/h2-5,7-14,19,24-25,29H,6,15-16H2,1H3. The minimum atomic E-state index is -0.623. The van der Waals surface area contributed by atoms with Crippen molar-refractivity contribution in [3.63, 3.8) is 0 Å². The van der Waals surface area contributed by atoms with E-state index in [9.17, 15) is 13.9 Å². The molecule has 1 N–H and O–H groups in total. The fourth-order valence-electron chi connectivity index (χ4n) is 4.21. The van der Waals surface area contributed by atoms with Crippen molar-refractivity contribution in [2.45, 2.75) is 25.0 Å². The predicted octanol–water partition coefficient (Wildman–Crippen LogP) is 5.66. The third kappa shape index (κ3) is 4.31. The van der Waals surface area contributed by atoms with E-state index < -0.39 is 6.10 Å². The van der Waals surface area contributed by atoms with Crippen molar-refractivity contribution in [3.05, 3.63) is 95.6 Å². The number of ether oxygens (including phenoxy) is 1. The van der Waals surface area contributed by atoms with Crippen LogP contribution >= 0.6 is 0 Å². The van der Waals surface area contributed by atoms with Gasteiger partial charge in [-0.05, 0) is 72.5 Å². The molecule has 1 aliphatic rings. The zero-order valence-corrected chi connectivity index (χ0v) is 16.8. The fourth-order valence-corrected chi connectivity index (χ4v) is 4.21. The Hall–Kier alpha value is -2.92. The van der Waals surface area contributed by atoms with Gasteiger partial charge in [0.1, 0.15) is 17.4 Å². The largest absolute Gasteiger partial charge is 0.497 e. The summed E-state index contributed by atoms with van der Waals surface area (Å²) in [4.78, 5) is 2.26. The molecule has 1 heterocycles. The van der Waals surface area contributed by atoms with E-state index >= 15 is 0 Å². The van der Waals surface area contributed by atoms with Gasteiger partial charge in [-0.15, -0.1) is 0 Å². The van der Waals surface area contributed by atoms with Crippen LogP contribution in [0.25, 0.3) is 0 Å². The van der Waals surface area contributed by atoms with Crippen LogP contribution in [0.4, 0.5) is 14.5 Å². The molecule has 0 aromatic heterocycles. The molecular formula is C25H25F2NO2. The van der Waals surface area contributed by atoms with Crippen molar-refractivity contribution >= 4 is 5.69 Å². The third-order valence-corrected chi connectivity index (χ3v) is 5.89. The summed E-state index contributed by atoms with van der Waals surface area (Å²) in [7, 11) is 1.64. The summed E-state index contributed by atoms with van der Waals surface area (Å²) in [6.45, 7) is 0.832. The van der Waals surface area contributed by atoms with Crippen LogP contribution in [0.15, 0.2) is 72.8 Å². The topological polar surface area (TPSA) is 32.7 Å². The van der Waals surface area contributed by atoms with Crippen LogP contribution in [0.3, 0.4) is 0 Å². The Kier molecular flexibility index (Phi) is 6.00. The number of anilines is 1. The van der Waals surface area contributed by atoms with Crippen LogP contribution in [0.5, 0.6) is 5.75 Å². The predicted molar refractivity (Wildman–Crippen MR) is 114 cm³/mol. The van der Waals surface area contributed by atoms with E-state index in [1.807, 2.05) is 12.1 Å². The molecule has 0 spiro atoms. The Morgan fingerprint density at radius 1 is 0.933 bits per heavy atom. The van der Waals surface area contributed by atoms with Crippen LogP contribution in [-0.4, -0.2) is 18.8 Å². The number of benzene rings is 3. The van der Waals surface area contributed by atoms with Gasteiger partial charge in [-0.3, -0.25) is 0 Å². The number of methoxy groups -OCH3 is 1. The lowest BCUT2D eigenvalue weighted by molar-refractivity contribution is 0.144. The molecule has 156 valence electrons. The second kappa shape index (κ2) is 8.84. The number of rotatable bonds is 7. The first-order valence-electron chi connectivity index (χ1n) is 10.1. The maximum absolute atomic E-state index is 13.4. The number of hydrogen-bond donors (Lipinski definition) is 1. The van der Waals surface area contributed by atoms with Gasteiger partial charge in [0.15, 0.2) is 0 Å². The molecule has 0 amide bonds. The SMILES string of the molecule is COc1ccc(C2C(CCC(O)c3ccc(F)cc3)CN2c2ccc(F)cc2)cc1. The molecule has 1 fully saturated rings. The van der Waals surface area contributed by atoms with Gasteiger partial charge in [0, 0.05) is 18.2 Å². The quantitative estimate of drug-likeness (QED) is 0.546. The molecule has 0 saturated carbocycles. The first-order valence-corrected chi connectivity index (χ1v) is 10.1. The van der Waals surface area contributed by atoms with Crippen molar-refractivity contribution in [1.82, 2.24) is 0 Å². The van der Waals surface area contributed by atoms with E-state index in [4.69, 9.17) is 4.74 Å². The molecule has 3 aromatic rings. The van der Waals surface area contributed by atoms with E-state index in [2.05, 4.69) is 17.0 Å². The van der Waals surface area contributed by atoms with Crippen LogP contribution in [0.2, 0.25) is 0 Å². The van der Waals surface area contributed by atoms with E-state index in [-0.39, 0.29) is 17.7 Å². The zero-order valence-electron chi connectivity index (χ0n) is 16.8. The third-order valence-electron chi connectivity index (χ3n) is 5.89. The normalized spacial score (nSPS) is 19.3. The van der Waals surface area contributed by atoms with Gasteiger partial charge >= 0.3 is 0 Å². The van der Waals surface area contributed by atoms with E-state index in [0.717, 1.165) is 35.5 Å². The summed E-state index contributed by atoms with van der Waals surface area (Å²) in [5.74, 6) is 0.590. The highest BCUT2D eigenvalue weighted by Gasteiger charge is 2.39. The minimum absolute atomic E-state index is 0.141. The molecule has 3 nitrogen and oxygen atoms in total. The maximum Gasteiger partial charge on any atom is 0.123 e. The van der Waals surface area contributed by atoms with Gasteiger partial charge in [-0.25, -0.2) is 8.78 Å². The summed E-state index contributed by atoms with van der Waals surface area (Å²) >= 11 is 0. The Bertz CT molecular complexity index is 958. The molecule has 0 bridgehead atoms. The Labute approximate surface area is 175 Å². The van der Waals surface area contributed by atoms with Crippen LogP contribution in [-0.2, 0) is 0 Å². The van der Waals surface area contributed by atoms with Crippen LogP contribution in [0.1, 0.15) is 36.1 Å². The molecule has 1 aliphatic heterocycles. The lowest BCUT2D eigenvalue weighted by atomic mass is 9.79.